The third kappa shape index (κ3) is 6.47. The average Bonchev–Trinajstić information content (AvgIpc) is 2.79. The van der Waals surface area contributed by atoms with Gasteiger partial charge in [0.15, 0.2) is 11.5 Å². The Kier molecular flexibility index (Phi) is 8.28. The molecule has 3 aromatic rings. The number of anilines is 1. The standard InChI is InChI=1S/C27H25BrN2O3/c1-4-32-25-15-21(14-23(28)26(25)33-17-20-8-6-5-7-9-20)13-22(16-29)27(31)30-24-11-10-18(2)12-19(24)3/h5-15H,4,17H2,1-3H3,(H,30,31)/b22-13-. The van der Waals surface area contributed by atoms with E-state index in [9.17, 15) is 10.1 Å². The van der Waals surface area contributed by atoms with Crippen molar-refractivity contribution in [1.82, 2.24) is 0 Å². The maximum absolute atomic E-state index is 12.7. The van der Waals surface area contributed by atoms with Crippen molar-refractivity contribution in [2.75, 3.05) is 11.9 Å². The number of rotatable bonds is 8. The molecule has 1 amide bonds. The fourth-order valence-electron chi connectivity index (χ4n) is 3.26. The van der Waals surface area contributed by atoms with Crippen LogP contribution in [0.3, 0.4) is 0 Å². The Balaban J connectivity index is 1.85. The molecule has 6 heteroatoms. The molecule has 0 saturated carbocycles. The molecule has 0 aliphatic heterocycles. The molecular formula is C27H25BrN2O3. The number of carbonyl (C=O) groups is 1. The molecule has 33 heavy (non-hydrogen) atoms. The fraction of sp³-hybridized carbons (Fsp3) is 0.185. The molecule has 0 spiro atoms. The molecule has 0 atom stereocenters. The van der Waals surface area contributed by atoms with Crippen molar-refractivity contribution < 1.29 is 14.3 Å². The van der Waals surface area contributed by atoms with E-state index in [0.29, 0.717) is 40.4 Å². The highest BCUT2D eigenvalue weighted by atomic mass is 79.9. The average molecular weight is 505 g/mol. The molecule has 5 nitrogen and oxygen atoms in total. The summed E-state index contributed by atoms with van der Waals surface area (Å²) in [5, 5.41) is 12.4. The van der Waals surface area contributed by atoms with E-state index in [2.05, 4.69) is 21.2 Å². The molecule has 0 radical (unpaired) electrons. The van der Waals surface area contributed by atoms with Crippen molar-refractivity contribution in [2.45, 2.75) is 27.4 Å². The molecule has 0 fully saturated rings. The number of nitriles is 1. The molecule has 0 unspecified atom stereocenters. The molecule has 0 saturated heterocycles. The predicted octanol–water partition coefficient (Wildman–Crippen LogP) is 6.59. The summed E-state index contributed by atoms with van der Waals surface area (Å²) in [4.78, 5) is 12.7. The van der Waals surface area contributed by atoms with Gasteiger partial charge in [-0.15, -0.1) is 0 Å². The number of ether oxygens (including phenoxy) is 2. The Morgan fingerprint density at radius 3 is 2.52 bits per heavy atom. The van der Waals surface area contributed by atoms with E-state index in [0.717, 1.165) is 16.7 Å². The van der Waals surface area contributed by atoms with Gasteiger partial charge < -0.3 is 14.8 Å². The van der Waals surface area contributed by atoms with Gasteiger partial charge in [0.25, 0.3) is 5.91 Å². The Morgan fingerprint density at radius 1 is 1.09 bits per heavy atom. The molecule has 0 aliphatic carbocycles. The third-order valence-corrected chi connectivity index (χ3v) is 5.45. The quantitative estimate of drug-likeness (QED) is 0.277. The van der Waals surface area contributed by atoms with Crippen molar-refractivity contribution in [3.05, 3.63) is 93.0 Å². The molecule has 0 heterocycles. The van der Waals surface area contributed by atoms with E-state index in [1.54, 1.807) is 12.1 Å². The van der Waals surface area contributed by atoms with Crippen molar-refractivity contribution in [2.24, 2.45) is 0 Å². The van der Waals surface area contributed by atoms with Crippen LogP contribution in [0.5, 0.6) is 11.5 Å². The second kappa shape index (κ2) is 11.3. The smallest absolute Gasteiger partial charge is 0.266 e. The van der Waals surface area contributed by atoms with Crippen molar-refractivity contribution in [3.8, 4) is 17.6 Å². The van der Waals surface area contributed by atoms with Crippen LogP contribution in [0.1, 0.15) is 29.2 Å². The van der Waals surface area contributed by atoms with Crippen LogP contribution < -0.4 is 14.8 Å². The summed E-state index contributed by atoms with van der Waals surface area (Å²) in [5.74, 6) is 0.625. The Morgan fingerprint density at radius 2 is 1.85 bits per heavy atom. The molecule has 3 aromatic carbocycles. The van der Waals surface area contributed by atoms with Crippen molar-refractivity contribution in [1.29, 1.82) is 5.26 Å². The Labute approximate surface area is 202 Å². The van der Waals surface area contributed by atoms with Crippen LogP contribution in [0.15, 0.2) is 70.7 Å². The van der Waals surface area contributed by atoms with Gasteiger partial charge in [-0.3, -0.25) is 4.79 Å². The van der Waals surface area contributed by atoms with Crippen LogP contribution >= 0.6 is 15.9 Å². The van der Waals surface area contributed by atoms with Crippen LogP contribution in [0.4, 0.5) is 5.69 Å². The van der Waals surface area contributed by atoms with Crippen LogP contribution in [0, 0.1) is 25.2 Å². The molecule has 0 aromatic heterocycles. The first kappa shape index (κ1) is 24.1. The van der Waals surface area contributed by atoms with E-state index in [-0.39, 0.29) is 5.57 Å². The number of hydrogen-bond acceptors (Lipinski definition) is 4. The summed E-state index contributed by atoms with van der Waals surface area (Å²) in [7, 11) is 0. The second-order valence-corrected chi connectivity index (χ2v) is 8.33. The predicted molar refractivity (Wildman–Crippen MR) is 134 cm³/mol. The minimum absolute atomic E-state index is 0.0118. The zero-order valence-electron chi connectivity index (χ0n) is 18.8. The zero-order valence-corrected chi connectivity index (χ0v) is 20.4. The summed E-state index contributed by atoms with van der Waals surface area (Å²) in [5.41, 5.74) is 4.37. The number of benzene rings is 3. The highest BCUT2D eigenvalue weighted by Crippen LogP contribution is 2.38. The number of nitrogens with one attached hydrogen (secondary N) is 1. The molecule has 0 bridgehead atoms. The summed E-state index contributed by atoms with van der Waals surface area (Å²) in [6.45, 7) is 6.61. The SMILES string of the molecule is CCOc1cc(/C=C(/C#N)C(=O)Nc2ccc(C)cc2C)cc(Br)c1OCc1ccccc1. The lowest BCUT2D eigenvalue weighted by atomic mass is 10.1. The number of aryl methyl sites for hydroxylation is 2. The van der Waals surface area contributed by atoms with Gasteiger partial charge in [0.05, 0.1) is 11.1 Å². The van der Waals surface area contributed by atoms with E-state index in [1.165, 1.54) is 6.08 Å². The maximum Gasteiger partial charge on any atom is 0.266 e. The lowest BCUT2D eigenvalue weighted by Gasteiger charge is -2.15. The lowest BCUT2D eigenvalue weighted by Crippen LogP contribution is -2.14. The van der Waals surface area contributed by atoms with Gasteiger partial charge in [-0.2, -0.15) is 5.26 Å². The van der Waals surface area contributed by atoms with Gasteiger partial charge in [-0.1, -0.05) is 48.0 Å². The lowest BCUT2D eigenvalue weighted by molar-refractivity contribution is -0.112. The van der Waals surface area contributed by atoms with Crippen molar-refractivity contribution in [3.63, 3.8) is 0 Å². The number of nitrogens with zero attached hydrogens (tertiary/aromatic N) is 1. The highest BCUT2D eigenvalue weighted by Gasteiger charge is 2.15. The van der Waals surface area contributed by atoms with Gasteiger partial charge in [-0.25, -0.2) is 0 Å². The summed E-state index contributed by atoms with van der Waals surface area (Å²) in [6.07, 6.45) is 1.53. The van der Waals surface area contributed by atoms with Gasteiger partial charge >= 0.3 is 0 Å². The van der Waals surface area contributed by atoms with Gasteiger partial charge in [0, 0.05) is 5.69 Å². The summed E-state index contributed by atoms with van der Waals surface area (Å²) < 4.78 is 12.5. The first-order valence-electron chi connectivity index (χ1n) is 10.5. The third-order valence-electron chi connectivity index (χ3n) is 4.86. The summed E-state index contributed by atoms with van der Waals surface area (Å²) in [6, 6.07) is 21.1. The van der Waals surface area contributed by atoms with Gasteiger partial charge in [-0.05, 0) is 77.7 Å². The first-order chi connectivity index (χ1) is 15.9. The maximum atomic E-state index is 12.7. The van der Waals surface area contributed by atoms with Crippen molar-refractivity contribution >= 4 is 33.6 Å². The molecule has 3 rings (SSSR count). The van der Waals surface area contributed by atoms with Gasteiger partial charge in [0.2, 0.25) is 0 Å². The number of halogens is 1. The van der Waals surface area contributed by atoms with Crippen LogP contribution in [0.2, 0.25) is 0 Å². The van der Waals surface area contributed by atoms with Crippen LogP contribution in [0.25, 0.3) is 6.08 Å². The minimum atomic E-state index is -0.470. The van der Waals surface area contributed by atoms with Gasteiger partial charge in [0.1, 0.15) is 18.2 Å². The first-order valence-corrected chi connectivity index (χ1v) is 11.3. The fourth-order valence-corrected chi connectivity index (χ4v) is 3.84. The number of carbonyl (C=O) groups excluding carboxylic acids is 1. The largest absolute Gasteiger partial charge is 0.490 e. The minimum Gasteiger partial charge on any atom is -0.490 e. The molecule has 168 valence electrons. The number of hydrogen-bond donors (Lipinski definition) is 1. The highest BCUT2D eigenvalue weighted by molar-refractivity contribution is 9.10. The number of amides is 1. The topological polar surface area (TPSA) is 71.3 Å². The molecule has 0 aliphatic rings. The monoisotopic (exact) mass is 504 g/mol. The summed E-state index contributed by atoms with van der Waals surface area (Å²) >= 11 is 3.54. The van der Waals surface area contributed by atoms with E-state index in [1.807, 2.05) is 75.4 Å². The van der Waals surface area contributed by atoms with Crippen LogP contribution in [-0.4, -0.2) is 12.5 Å². The van der Waals surface area contributed by atoms with E-state index in [4.69, 9.17) is 9.47 Å². The normalized spacial score (nSPS) is 10.9. The Hall–Kier alpha value is -3.56. The van der Waals surface area contributed by atoms with E-state index >= 15 is 0 Å². The molecular weight excluding hydrogens is 480 g/mol. The molecule has 1 N–H and O–H groups in total. The Bertz CT molecular complexity index is 1210. The zero-order chi connectivity index (χ0) is 23.8. The second-order valence-electron chi connectivity index (χ2n) is 7.48. The van der Waals surface area contributed by atoms with Crippen LogP contribution in [-0.2, 0) is 11.4 Å². The van der Waals surface area contributed by atoms with E-state index < -0.39 is 5.91 Å².